The fraction of sp³-hybridized carbons (Fsp3) is 0.625. The molecular weight excluding hydrogens is 288 g/mol. The molecule has 1 nitrogen and oxygen atoms in total. The zero-order valence-electron chi connectivity index (χ0n) is 11.3. The first-order valence-corrected chi connectivity index (χ1v) is 7.73. The van der Waals surface area contributed by atoms with Gasteiger partial charge in [0.25, 0.3) is 0 Å². The van der Waals surface area contributed by atoms with Gasteiger partial charge in [-0.15, -0.1) is 0 Å². The molecule has 0 amide bonds. The van der Waals surface area contributed by atoms with Crippen molar-refractivity contribution in [2.24, 2.45) is 11.8 Å². The van der Waals surface area contributed by atoms with E-state index in [-0.39, 0.29) is 0 Å². The van der Waals surface area contributed by atoms with Crippen LogP contribution in [0.3, 0.4) is 0 Å². The molecule has 0 radical (unpaired) electrons. The van der Waals surface area contributed by atoms with E-state index in [9.17, 15) is 5.11 Å². The van der Waals surface area contributed by atoms with Gasteiger partial charge in [-0.3, -0.25) is 0 Å². The Morgan fingerprint density at radius 2 is 1.72 bits per heavy atom. The van der Waals surface area contributed by atoms with Gasteiger partial charge in [0, 0.05) is 10.9 Å². The predicted octanol–water partition coefficient (Wildman–Crippen LogP) is 4.57. The molecule has 1 unspecified atom stereocenters. The molecule has 2 heteroatoms. The van der Waals surface area contributed by atoms with Crippen LogP contribution in [0.1, 0.15) is 45.1 Å². The number of rotatable bonds is 3. The predicted molar refractivity (Wildman–Crippen MR) is 79.6 cm³/mol. The molecule has 1 saturated carbocycles. The molecule has 0 aliphatic heterocycles. The van der Waals surface area contributed by atoms with Crippen molar-refractivity contribution in [3.63, 3.8) is 0 Å². The van der Waals surface area contributed by atoms with Gasteiger partial charge in [-0.05, 0) is 49.3 Å². The van der Waals surface area contributed by atoms with Gasteiger partial charge in [-0.2, -0.15) is 0 Å². The van der Waals surface area contributed by atoms with Crippen molar-refractivity contribution in [3.05, 3.63) is 34.3 Å². The lowest BCUT2D eigenvalue weighted by Gasteiger charge is -2.37. The van der Waals surface area contributed by atoms with Crippen LogP contribution in [0.25, 0.3) is 0 Å². The molecule has 1 aromatic carbocycles. The summed E-state index contributed by atoms with van der Waals surface area (Å²) < 4.78 is 1.09. The van der Waals surface area contributed by atoms with E-state index in [4.69, 9.17) is 0 Å². The van der Waals surface area contributed by atoms with Crippen LogP contribution in [-0.4, -0.2) is 10.7 Å². The average Bonchev–Trinajstić information content (AvgIpc) is 2.32. The van der Waals surface area contributed by atoms with Crippen LogP contribution in [0.15, 0.2) is 28.7 Å². The van der Waals surface area contributed by atoms with Crippen LogP contribution in [0, 0.1) is 11.8 Å². The maximum absolute atomic E-state index is 10.7. The van der Waals surface area contributed by atoms with Crippen molar-refractivity contribution >= 4 is 15.9 Å². The quantitative estimate of drug-likeness (QED) is 0.867. The summed E-state index contributed by atoms with van der Waals surface area (Å²) in [6, 6.07) is 8.30. The highest BCUT2D eigenvalue weighted by molar-refractivity contribution is 9.10. The number of hydrogen-bond donors (Lipinski definition) is 1. The van der Waals surface area contributed by atoms with Gasteiger partial charge in [0.05, 0.1) is 5.60 Å². The second-order valence-corrected chi connectivity index (χ2v) is 7.03. The first-order chi connectivity index (χ1) is 8.47. The van der Waals surface area contributed by atoms with Crippen molar-refractivity contribution in [2.45, 2.75) is 51.6 Å². The highest BCUT2D eigenvalue weighted by Crippen LogP contribution is 2.37. The minimum atomic E-state index is -0.562. The zero-order valence-corrected chi connectivity index (χ0v) is 12.9. The molecule has 18 heavy (non-hydrogen) atoms. The Bertz CT molecular complexity index is 375. The van der Waals surface area contributed by atoms with Gasteiger partial charge in [0.1, 0.15) is 0 Å². The second-order valence-electron chi connectivity index (χ2n) is 6.12. The summed E-state index contributed by atoms with van der Waals surface area (Å²) in [5.74, 6) is 1.29. The molecule has 1 aromatic rings. The van der Waals surface area contributed by atoms with Crippen LogP contribution >= 0.6 is 15.9 Å². The summed E-state index contributed by atoms with van der Waals surface area (Å²) in [6.45, 7) is 4.33. The Labute approximate surface area is 119 Å². The summed E-state index contributed by atoms with van der Waals surface area (Å²) in [5, 5.41) is 10.7. The van der Waals surface area contributed by atoms with Crippen LogP contribution in [0.2, 0.25) is 0 Å². The molecule has 100 valence electrons. The molecule has 1 aliphatic rings. The molecule has 0 aromatic heterocycles. The van der Waals surface area contributed by atoms with Gasteiger partial charge < -0.3 is 5.11 Å². The minimum absolute atomic E-state index is 0.456. The molecule has 0 spiro atoms. The van der Waals surface area contributed by atoms with Gasteiger partial charge in [0.2, 0.25) is 0 Å². The van der Waals surface area contributed by atoms with Crippen molar-refractivity contribution < 1.29 is 5.11 Å². The third-order valence-corrected chi connectivity index (χ3v) is 4.90. The lowest BCUT2D eigenvalue weighted by molar-refractivity contribution is -0.0208. The summed E-state index contributed by atoms with van der Waals surface area (Å²) in [5.41, 5.74) is 0.662. The Hall–Kier alpha value is -0.340. The average molecular weight is 311 g/mol. The fourth-order valence-corrected chi connectivity index (χ4v) is 3.31. The van der Waals surface area contributed by atoms with Crippen LogP contribution in [0.4, 0.5) is 0 Å². The van der Waals surface area contributed by atoms with Gasteiger partial charge in [-0.1, -0.05) is 47.8 Å². The maximum Gasteiger partial charge on any atom is 0.0687 e. The summed E-state index contributed by atoms with van der Waals surface area (Å²) in [7, 11) is 0. The van der Waals surface area contributed by atoms with Crippen LogP contribution < -0.4 is 0 Å². The molecule has 1 N–H and O–H groups in total. The molecule has 0 bridgehead atoms. The smallest absolute Gasteiger partial charge is 0.0687 e. The SMILES string of the molecule is CC1CCC(C(C)(O)Cc2ccc(Br)cc2)CC1. The third kappa shape index (κ3) is 3.58. The summed E-state index contributed by atoms with van der Waals surface area (Å²) in [6.07, 6.45) is 5.64. The number of hydrogen-bond acceptors (Lipinski definition) is 1. The van der Waals surface area contributed by atoms with E-state index in [0.717, 1.165) is 16.8 Å². The van der Waals surface area contributed by atoms with E-state index < -0.39 is 5.60 Å². The van der Waals surface area contributed by atoms with E-state index in [1.807, 2.05) is 19.1 Å². The molecule has 1 fully saturated rings. The van der Waals surface area contributed by atoms with Crippen molar-refractivity contribution in [1.82, 2.24) is 0 Å². The van der Waals surface area contributed by atoms with Crippen LogP contribution in [-0.2, 0) is 6.42 Å². The second kappa shape index (κ2) is 5.75. The van der Waals surface area contributed by atoms with Gasteiger partial charge in [0.15, 0.2) is 0 Å². The molecule has 2 rings (SSSR count). The maximum atomic E-state index is 10.7. The normalized spacial score (nSPS) is 27.8. The molecule has 0 heterocycles. The van der Waals surface area contributed by atoms with E-state index >= 15 is 0 Å². The fourth-order valence-electron chi connectivity index (χ4n) is 3.04. The Kier molecular flexibility index (Phi) is 4.50. The first-order valence-electron chi connectivity index (χ1n) is 6.94. The van der Waals surface area contributed by atoms with E-state index in [1.165, 1.54) is 31.2 Å². The molecule has 0 saturated heterocycles. The largest absolute Gasteiger partial charge is 0.390 e. The number of aliphatic hydroxyl groups is 1. The number of halogens is 1. The van der Waals surface area contributed by atoms with Gasteiger partial charge >= 0.3 is 0 Å². The lowest BCUT2D eigenvalue weighted by Crippen LogP contribution is -2.38. The minimum Gasteiger partial charge on any atom is -0.390 e. The van der Waals surface area contributed by atoms with Gasteiger partial charge in [-0.25, -0.2) is 0 Å². The third-order valence-electron chi connectivity index (χ3n) is 4.37. The van der Waals surface area contributed by atoms with E-state index in [2.05, 4.69) is 35.0 Å². The van der Waals surface area contributed by atoms with Crippen molar-refractivity contribution in [1.29, 1.82) is 0 Å². The highest BCUT2D eigenvalue weighted by atomic mass is 79.9. The summed E-state index contributed by atoms with van der Waals surface area (Å²) >= 11 is 3.45. The molecule has 1 aliphatic carbocycles. The highest BCUT2D eigenvalue weighted by Gasteiger charge is 2.34. The standard InChI is InChI=1S/C16H23BrO/c1-12-3-7-14(8-4-12)16(2,18)11-13-5-9-15(17)10-6-13/h5-6,9-10,12,14,18H,3-4,7-8,11H2,1-2H3. The lowest BCUT2D eigenvalue weighted by atomic mass is 9.72. The Balaban J connectivity index is 2.00. The van der Waals surface area contributed by atoms with E-state index in [1.54, 1.807) is 0 Å². The number of benzene rings is 1. The van der Waals surface area contributed by atoms with Crippen molar-refractivity contribution in [2.75, 3.05) is 0 Å². The first kappa shape index (κ1) is 14.1. The molecule has 1 atom stereocenters. The monoisotopic (exact) mass is 310 g/mol. The topological polar surface area (TPSA) is 20.2 Å². The van der Waals surface area contributed by atoms with Crippen molar-refractivity contribution in [3.8, 4) is 0 Å². The zero-order chi connectivity index (χ0) is 13.2. The molecular formula is C16H23BrO. The Morgan fingerprint density at radius 3 is 2.28 bits per heavy atom. The van der Waals surface area contributed by atoms with Crippen LogP contribution in [0.5, 0.6) is 0 Å². The Morgan fingerprint density at radius 1 is 1.17 bits per heavy atom. The van der Waals surface area contributed by atoms with E-state index in [0.29, 0.717) is 5.92 Å². The summed E-state index contributed by atoms with van der Waals surface area (Å²) in [4.78, 5) is 0.